The van der Waals surface area contributed by atoms with Crippen LogP contribution in [0, 0.1) is 13.8 Å². The Bertz CT molecular complexity index is 311. The van der Waals surface area contributed by atoms with Crippen molar-refractivity contribution in [2.75, 3.05) is 19.5 Å². The van der Waals surface area contributed by atoms with Gasteiger partial charge in [-0.15, -0.1) is 0 Å². The molecule has 72 valence electrons. The van der Waals surface area contributed by atoms with Gasteiger partial charge < -0.3 is 5.43 Å². The molecule has 0 saturated heterocycles. The van der Waals surface area contributed by atoms with Crippen molar-refractivity contribution in [2.24, 2.45) is 0 Å². The number of rotatable bonds is 2. The Balaban J connectivity index is 3.05. The Morgan fingerprint density at radius 3 is 2.38 bits per heavy atom. The molecule has 4 nitrogen and oxygen atoms in total. The normalized spacial score (nSPS) is 10.6. The summed E-state index contributed by atoms with van der Waals surface area (Å²) in [6, 6.07) is 0. The van der Waals surface area contributed by atoms with Crippen molar-refractivity contribution in [3.8, 4) is 0 Å². The van der Waals surface area contributed by atoms with Crippen LogP contribution in [0.4, 0.5) is 5.82 Å². The van der Waals surface area contributed by atoms with Crippen LogP contribution in [0.25, 0.3) is 0 Å². The van der Waals surface area contributed by atoms with Crippen LogP contribution in [0.5, 0.6) is 0 Å². The van der Waals surface area contributed by atoms with Crippen LogP contribution in [0.3, 0.4) is 0 Å². The predicted octanol–water partition coefficient (Wildman–Crippen LogP) is 1.64. The minimum atomic E-state index is 0.497. The number of nitrogens with zero attached hydrogens (tertiary/aromatic N) is 3. The molecule has 0 aliphatic heterocycles. The minimum absolute atomic E-state index is 0.497. The molecule has 0 spiro atoms. The minimum Gasteiger partial charge on any atom is -0.303 e. The molecule has 5 heteroatoms. The summed E-state index contributed by atoms with van der Waals surface area (Å²) in [6.45, 7) is 3.69. The monoisotopic (exact) mass is 200 g/mol. The van der Waals surface area contributed by atoms with Gasteiger partial charge in [0.2, 0.25) is 0 Å². The highest BCUT2D eigenvalue weighted by Gasteiger charge is 2.06. The first-order valence-corrected chi connectivity index (χ1v) is 4.33. The smallest absolute Gasteiger partial charge is 0.148 e. The third-order valence-corrected chi connectivity index (χ3v) is 1.90. The van der Waals surface area contributed by atoms with Gasteiger partial charge in [0, 0.05) is 19.7 Å². The van der Waals surface area contributed by atoms with Crippen LogP contribution >= 0.6 is 11.6 Å². The standard InChI is InChI=1S/C8H13ClN4/c1-5-7(9)10-6(2)11-8(5)12-13(3)4/h1-4H3,(H,10,11,12). The van der Waals surface area contributed by atoms with Gasteiger partial charge in [0.25, 0.3) is 0 Å². The van der Waals surface area contributed by atoms with Crippen molar-refractivity contribution in [3.63, 3.8) is 0 Å². The summed E-state index contributed by atoms with van der Waals surface area (Å²) in [7, 11) is 3.79. The molecule has 0 radical (unpaired) electrons. The highest BCUT2D eigenvalue weighted by Crippen LogP contribution is 2.19. The van der Waals surface area contributed by atoms with Crippen molar-refractivity contribution in [1.82, 2.24) is 15.0 Å². The molecule has 0 amide bonds. The first-order valence-electron chi connectivity index (χ1n) is 3.95. The fourth-order valence-corrected chi connectivity index (χ4v) is 1.13. The lowest BCUT2D eigenvalue weighted by molar-refractivity contribution is 0.491. The van der Waals surface area contributed by atoms with Gasteiger partial charge in [-0.3, -0.25) is 0 Å². The van der Waals surface area contributed by atoms with E-state index in [-0.39, 0.29) is 0 Å². The molecule has 1 aromatic heterocycles. The molecule has 1 aromatic rings. The Morgan fingerprint density at radius 2 is 1.85 bits per heavy atom. The van der Waals surface area contributed by atoms with Gasteiger partial charge in [-0.25, -0.2) is 15.0 Å². The van der Waals surface area contributed by atoms with Gasteiger partial charge >= 0.3 is 0 Å². The van der Waals surface area contributed by atoms with Crippen molar-refractivity contribution in [2.45, 2.75) is 13.8 Å². The maximum atomic E-state index is 5.89. The molecular weight excluding hydrogens is 188 g/mol. The van der Waals surface area contributed by atoms with Crippen molar-refractivity contribution >= 4 is 17.4 Å². The first kappa shape index (κ1) is 10.2. The summed E-state index contributed by atoms with van der Waals surface area (Å²) in [6.07, 6.45) is 0. The van der Waals surface area contributed by atoms with E-state index >= 15 is 0 Å². The second-order valence-electron chi connectivity index (χ2n) is 3.04. The maximum absolute atomic E-state index is 5.89. The number of halogens is 1. The summed E-state index contributed by atoms with van der Waals surface area (Å²) in [5.74, 6) is 1.42. The fraction of sp³-hybridized carbons (Fsp3) is 0.500. The Labute approximate surface area is 82.9 Å². The summed E-state index contributed by atoms with van der Waals surface area (Å²) >= 11 is 5.89. The van der Waals surface area contributed by atoms with E-state index in [0.717, 1.165) is 11.4 Å². The molecule has 1 N–H and O–H groups in total. The summed E-state index contributed by atoms with van der Waals surface area (Å²) < 4.78 is 0. The number of hydrazine groups is 1. The lowest BCUT2D eigenvalue weighted by Crippen LogP contribution is -2.21. The van der Waals surface area contributed by atoms with E-state index in [1.54, 1.807) is 0 Å². The SMILES string of the molecule is Cc1nc(Cl)c(C)c(NN(C)C)n1. The number of hydrogen-bond donors (Lipinski definition) is 1. The van der Waals surface area contributed by atoms with Crippen LogP contribution in [0.1, 0.15) is 11.4 Å². The number of anilines is 1. The number of nitrogens with one attached hydrogen (secondary N) is 1. The molecule has 0 aromatic carbocycles. The van der Waals surface area contributed by atoms with Gasteiger partial charge in [-0.1, -0.05) is 11.6 Å². The van der Waals surface area contributed by atoms with Crippen molar-refractivity contribution in [3.05, 3.63) is 16.5 Å². The third kappa shape index (κ3) is 2.54. The van der Waals surface area contributed by atoms with E-state index < -0.39 is 0 Å². The topological polar surface area (TPSA) is 41.1 Å². The molecule has 0 aliphatic rings. The van der Waals surface area contributed by atoms with Gasteiger partial charge in [0.15, 0.2) is 0 Å². The quantitative estimate of drug-likeness (QED) is 0.582. The Hall–Kier alpha value is -0.870. The maximum Gasteiger partial charge on any atom is 0.148 e. The van der Waals surface area contributed by atoms with E-state index in [0.29, 0.717) is 11.0 Å². The van der Waals surface area contributed by atoms with E-state index in [9.17, 15) is 0 Å². The van der Waals surface area contributed by atoms with Gasteiger partial charge in [0.1, 0.15) is 16.8 Å². The van der Waals surface area contributed by atoms with Gasteiger partial charge in [-0.05, 0) is 13.8 Å². The van der Waals surface area contributed by atoms with Gasteiger partial charge in [-0.2, -0.15) is 0 Å². The molecule has 1 rings (SSSR count). The zero-order chi connectivity index (χ0) is 10.0. The number of aryl methyl sites for hydroxylation is 1. The average molecular weight is 201 g/mol. The first-order chi connectivity index (χ1) is 6.00. The van der Waals surface area contributed by atoms with E-state index in [2.05, 4.69) is 15.4 Å². The van der Waals surface area contributed by atoms with Gasteiger partial charge in [0.05, 0.1) is 0 Å². The van der Waals surface area contributed by atoms with Crippen LogP contribution in [0.2, 0.25) is 5.15 Å². The largest absolute Gasteiger partial charge is 0.303 e. The van der Waals surface area contributed by atoms with E-state index in [1.165, 1.54) is 0 Å². The molecule has 13 heavy (non-hydrogen) atoms. The zero-order valence-corrected chi connectivity index (χ0v) is 8.98. The third-order valence-electron chi connectivity index (χ3n) is 1.53. The zero-order valence-electron chi connectivity index (χ0n) is 8.22. The van der Waals surface area contributed by atoms with Crippen LogP contribution in [-0.4, -0.2) is 29.1 Å². The molecule has 0 atom stereocenters. The number of hydrogen-bond acceptors (Lipinski definition) is 4. The fourth-order valence-electron chi connectivity index (χ4n) is 0.915. The molecule has 0 fully saturated rings. The lowest BCUT2D eigenvalue weighted by atomic mass is 10.3. The molecule has 0 saturated carbocycles. The molecule has 0 unspecified atom stereocenters. The van der Waals surface area contributed by atoms with Crippen LogP contribution < -0.4 is 5.43 Å². The summed E-state index contributed by atoms with van der Waals surface area (Å²) in [4.78, 5) is 8.26. The number of aromatic nitrogens is 2. The average Bonchev–Trinajstić information content (AvgIpc) is 1.98. The van der Waals surface area contributed by atoms with E-state index in [1.807, 2.05) is 33.0 Å². The molecule has 0 aliphatic carbocycles. The molecular formula is C8H13ClN4. The second-order valence-corrected chi connectivity index (χ2v) is 3.40. The second kappa shape index (κ2) is 3.89. The predicted molar refractivity (Wildman–Crippen MR) is 53.8 cm³/mol. The Kier molecular flexibility index (Phi) is 3.06. The van der Waals surface area contributed by atoms with Crippen LogP contribution in [0.15, 0.2) is 0 Å². The highest BCUT2D eigenvalue weighted by atomic mass is 35.5. The Morgan fingerprint density at radius 1 is 1.23 bits per heavy atom. The highest BCUT2D eigenvalue weighted by molar-refractivity contribution is 6.30. The summed E-state index contributed by atoms with van der Waals surface area (Å²) in [5, 5.41) is 2.31. The van der Waals surface area contributed by atoms with Crippen molar-refractivity contribution < 1.29 is 0 Å². The van der Waals surface area contributed by atoms with E-state index in [4.69, 9.17) is 11.6 Å². The lowest BCUT2D eigenvalue weighted by Gasteiger charge is -2.15. The van der Waals surface area contributed by atoms with Crippen molar-refractivity contribution in [1.29, 1.82) is 0 Å². The summed E-state index contributed by atoms with van der Waals surface area (Å²) in [5.41, 5.74) is 3.91. The molecule has 0 bridgehead atoms. The van der Waals surface area contributed by atoms with Crippen LogP contribution in [-0.2, 0) is 0 Å². The molecule has 1 heterocycles.